The van der Waals surface area contributed by atoms with E-state index in [4.69, 9.17) is 16.2 Å². The zero-order chi connectivity index (χ0) is 14.7. The van der Waals surface area contributed by atoms with Crippen molar-refractivity contribution in [2.45, 2.75) is 6.92 Å². The van der Waals surface area contributed by atoms with E-state index in [1.54, 1.807) is 25.3 Å². The van der Waals surface area contributed by atoms with Crippen LogP contribution in [0.15, 0.2) is 36.4 Å². The molecular weight excluding hydrogens is 254 g/mol. The van der Waals surface area contributed by atoms with Crippen LogP contribution in [-0.2, 0) is 0 Å². The van der Waals surface area contributed by atoms with Crippen LogP contribution >= 0.6 is 0 Å². The standard InChI is InChI=1S/C15H17N3O2/c1-9-3-6-14(20-2)13(7-9)18-10-4-5-12(16)11(8-10)15(17)19/h3-8,18H,16H2,1-2H3,(H2,17,19). The molecule has 5 heteroatoms. The number of benzene rings is 2. The average Bonchev–Trinajstić information content (AvgIpc) is 2.41. The van der Waals surface area contributed by atoms with Crippen molar-refractivity contribution in [3.05, 3.63) is 47.5 Å². The van der Waals surface area contributed by atoms with Crippen LogP contribution in [0.5, 0.6) is 5.75 Å². The van der Waals surface area contributed by atoms with Gasteiger partial charge in [0.15, 0.2) is 0 Å². The van der Waals surface area contributed by atoms with Crippen LogP contribution < -0.4 is 21.5 Å². The number of carbonyl (C=O) groups excluding carboxylic acids is 1. The highest BCUT2D eigenvalue weighted by Crippen LogP contribution is 2.29. The van der Waals surface area contributed by atoms with Gasteiger partial charge < -0.3 is 21.5 Å². The molecule has 1 amide bonds. The van der Waals surface area contributed by atoms with E-state index in [0.29, 0.717) is 17.0 Å². The van der Waals surface area contributed by atoms with Gasteiger partial charge in [-0.15, -0.1) is 0 Å². The van der Waals surface area contributed by atoms with Crippen molar-refractivity contribution in [1.82, 2.24) is 0 Å². The van der Waals surface area contributed by atoms with Crippen molar-refractivity contribution in [1.29, 1.82) is 0 Å². The Morgan fingerprint density at radius 1 is 1.20 bits per heavy atom. The molecule has 20 heavy (non-hydrogen) atoms. The lowest BCUT2D eigenvalue weighted by Crippen LogP contribution is -2.13. The summed E-state index contributed by atoms with van der Waals surface area (Å²) in [4.78, 5) is 11.3. The zero-order valence-electron chi connectivity index (χ0n) is 11.4. The van der Waals surface area contributed by atoms with Gasteiger partial charge in [0, 0.05) is 11.4 Å². The normalized spacial score (nSPS) is 10.1. The molecule has 0 radical (unpaired) electrons. The van der Waals surface area contributed by atoms with E-state index in [9.17, 15) is 4.79 Å². The van der Waals surface area contributed by atoms with Gasteiger partial charge in [-0.2, -0.15) is 0 Å². The number of primary amides is 1. The second-order valence-electron chi connectivity index (χ2n) is 4.50. The average molecular weight is 271 g/mol. The van der Waals surface area contributed by atoms with E-state index in [1.165, 1.54) is 0 Å². The Kier molecular flexibility index (Phi) is 3.79. The molecule has 0 fully saturated rings. The van der Waals surface area contributed by atoms with Crippen LogP contribution in [0.1, 0.15) is 15.9 Å². The van der Waals surface area contributed by atoms with Crippen molar-refractivity contribution in [2.24, 2.45) is 5.73 Å². The van der Waals surface area contributed by atoms with E-state index < -0.39 is 5.91 Å². The molecule has 0 unspecified atom stereocenters. The molecule has 0 spiro atoms. The minimum atomic E-state index is -0.553. The molecule has 0 aliphatic carbocycles. The second kappa shape index (κ2) is 5.52. The summed E-state index contributed by atoms with van der Waals surface area (Å²) in [6.07, 6.45) is 0. The van der Waals surface area contributed by atoms with E-state index in [-0.39, 0.29) is 0 Å². The number of hydrogen-bond acceptors (Lipinski definition) is 4. The molecule has 2 aromatic rings. The predicted octanol–water partition coefficient (Wildman–Crippen LogP) is 2.43. The number of ether oxygens (including phenoxy) is 1. The number of methoxy groups -OCH3 is 1. The Hall–Kier alpha value is -2.69. The first-order valence-electron chi connectivity index (χ1n) is 6.12. The summed E-state index contributed by atoms with van der Waals surface area (Å²) in [7, 11) is 1.60. The third-order valence-electron chi connectivity index (χ3n) is 2.95. The highest BCUT2D eigenvalue weighted by Gasteiger charge is 2.08. The highest BCUT2D eigenvalue weighted by molar-refractivity contribution is 5.99. The van der Waals surface area contributed by atoms with Crippen LogP contribution in [0.25, 0.3) is 0 Å². The number of rotatable bonds is 4. The molecule has 2 aromatic carbocycles. The molecule has 0 heterocycles. The fraction of sp³-hybridized carbons (Fsp3) is 0.133. The summed E-state index contributed by atoms with van der Waals surface area (Å²) in [6.45, 7) is 1.99. The lowest BCUT2D eigenvalue weighted by molar-refractivity contribution is 0.100. The van der Waals surface area contributed by atoms with Gasteiger partial charge in [-0.05, 0) is 42.8 Å². The summed E-state index contributed by atoms with van der Waals surface area (Å²) < 4.78 is 5.30. The van der Waals surface area contributed by atoms with E-state index >= 15 is 0 Å². The van der Waals surface area contributed by atoms with Crippen LogP contribution in [-0.4, -0.2) is 13.0 Å². The number of aryl methyl sites for hydroxylation is 1. The number of nitrogens with one attached hydrogen (secondary N) is 1. The topological polar surface area (TPSA) is 90.4 Å². The van der Waals surface area contributed by atoms with Crippen molar-refractivity contribution >= 4 is 23.0 Å². The molecule has 5 N–H and O–H groups in total. The maximum Gasteiger partial charge on any atom is 0.250 e. The monoisotopic (exact) mass is 271 g/mol. The molecule has 0 bridgehead atoms. The summed E-state index contributed by atoms with van der Waals surface area (Å²) in [6, 6.07) is 10.8. The number of nitrogen functional groups attached to an aromatic ring is 1. The molecule has 0 saturated carbocycles. The maximum absolute atomic E-state index is 11.3. The molecule has 104 valence electrons. The van der Waals surface area contributed by atoms with Gasteiger partial charge in [-0.25, -0.2) is 0 Å². The van der Waals surface area contributed by atoms with Crippen LogP contribution in [0.2, 0.25) is 0 Å². The van der Waals surface area contributed by atoms with E-state index in [2.05, 4.69) is 5.32 Å². The Morgan fingerprint density at radius 2 is 1.95 bits per heavy atom. The number of nitrogens with two attached hydrogens (primary N) is 2. The molecule has 0 aliphatic heterocycles. The van der Waals surface area contributed by atoms with Crippen molar-refractivity contribution in [3.8, 4) is 5.75 Å². The van der Waals surface area contributed by atoms with Crippen LogP contribution in [0.4, 0.5) is 17.1 Å². The van der Waals surface area contributed by atoms with Crippen molar-refractivity contribution < 1.29 is 9.53 Å². The third kappa shape index (κ3) is 2.83. The van der Waals surface area contributed by atoms with Crippen molar-refractivity contribution in [3.63, 3.8) is 0 Å². The first-order valence-corrected chi connectivity index (χ1v) is 6.12. The number of amides is 1. The Morgan fingerprint density at radius 3 is 2.60 bits per heavy atom. The van der Waals surface area contributed by atoms with Gasteiger partial charge in [-0.1, -0.05) is 6.07 Å². The Bertz CT molecular complexity index is 654. The minimum absolute atomic E-state index is 0.293. The molecule has 0 aromatic heterocycles. The summed E-state index contributed by atoms with van der Waals surface area (Å²) >= 11 is 0. The number of anilines is 3. The molecular formula is C15H17N3O2. The maximum atomic E-state index is 11.3. The molecule has 0 atom stereocenters. The number of carbonyl (C=O) groups is 1. The van der Waals surface area contributed by atoms with E-state index in [0.717, 1.165) is 16.9 Å². The molecule has 5 nitrogen and oxygen atoms in total. The van der Waals surface area contributed by atoms with Gasteiger partial charge in [0.25, 0.3) is 5.91 Å². The first kappa shape index (κ1) is 13.7. The number of hydrogen-bond donors (Lipinski definition) is 3. The molecule has 0 saturated heterocycles. The smallest absolute Gasteiger partial charge is 0.250 e. The van der Waals surface area contributed by atoms with Gasteiger partial charge in [0.05, 0.1) is 18.4 Å². The van der Waals surface area contributed by atoms with Gasteiger partial charge in [-0.3, -0.25) is 4.79 Å². The van der Waals surface area contributed by atoms with Crippen LogP contribution in [0.3, 0.4) is 0 Å². The Balaban J connectivity index is 2.37. The quantitative estimate of drug-likeness (QED) is 0.745. The summed E-state index contributed by atoms with van der Waals surface area (Å²) in [5, 5.41) is 3.20. The predicted molar refractivity (Wildman–Crippen MR) is 80.4 cm³/mol. The molecule has 2 rings (SSSR count). The highest BCUT2D eigenvalue weighted by atomic mass is 16.5. The largest absolute Gasteiger partial charge is 0.495 e. The summed E-state index contributed by atoms with van der Waals surface area (Å²) in [5.74, 6) is 0.162. The summed E-state index contributed by atoms with van der Waals surface area (Å²) in [5.41, 5.74) is 14.3. The second-order valence-corrected chi connectivity index (χ2v) is 4.50. The lowest BCUT2D eigenvalue weighted by atomic mass is 10.1. The van der Waals surface area contributed by atoms with Gasteiger partial charge in [0.1, 0.15) is 5.75 Å². The van der Waals surface area contributed by atoms with E-state index in [1.807, 2.05) is 25.1 Å². The molecule has 0 aliphatic rings. The lowest BCUT2D eigenvalue weighted by Gasteiger charge is -2.13. The SMILES string of the molecule is COc1ccc(C)cc1Nc1ccc(N)c(C(N)=O)c1. The van der Waals surface area contributed by atoms with Gasteiger partial charge in [0.2, 0.25) is 0 Å². The third-order valence-corrected chi connectivity index (χ3v) is 2.95. The Labute approximate surface area is 117 Å². The van der Waals surface area contributed by atoms with Crippen LogP contribution in [0, 0.1) is 6.92 Å². The first-order chi connectivity index (χ1) is 9.51. The fourth-order valence-corrected chi connectivity index (χ4v) is 1.92. The minimum Gasteiger partial charge on any atom is -0.495 e. The fourth-order valence-electron chi connectivity index (χ4n) is 1.92. The van der Waals surface area contributed by atoms with Gasteiger partial charge >= 0.3 is 0 Å². The zero-order valence-corrected chi connectivity index (χ0v) is 11.4. The van der Waals surface area contributed by atoms with Crippen molar-refractivity contribution in [2.75, 3.05) is 18.2 Å².